The number of hydrogen-bond donors (Lipinski definition) is 1. The zero-order valence-corrected chi connectivity index (χ0v) is 16.7. The minimum Gasteiger partial charge on any atom is -0.480 e. The standard InChI is InChI=1S/C21H23ClN2O4/c1-3-18-21(26)24(11-14-4-6-16(22)7-5-14)12-15-10-17(8-9-19(15)28-18)23-20(25)13-27-2/h4-10,18H,3,11-13H2,1-2H3,(H,23,25)/t18-/m1/s1. The van der Waals surface area contributed by atoms with Crippen molar-refractivity contribution in [1.82, 2.24) is 4.90 Å². The summed E-state index contributed by atoms with van der Waals surface area (Å²) in [5, 5.41) is 3.44. The third-order valence-corrected chi connectivity index (χ3v) is 4.75. The van der Waals surface area contributed by atoms with E-state index in [0.717, 1.165) is 11.1 Å². The van der Waals surface area contributed by atoms with Crippen LogP contribution in [-0.4, -0.2) is 36.5 Å². The molecule has 2 amide bonds. The number of halogens is 1. The van der Waals surface area contributed by atoms with Gasteiger partial charge in [-0.1, -0.05) is 30.7 Å². The molecule has 1 atom stereocenters. The number of carbonyl (C=O) groups excluding carboxylic acids is 2. The maximum absolute atomic E-state index is 13.0. The molecule has 0 radical (unpaired) electrons. The number of nitrogens with zero attached hydrogens (tertiary/aromatic N) is 1. The lowest BCUT2D eigenvalue weighted by Gasteiger charge is -2.23. The normalized spacial score (nSPS) is 16.2. The molecule has 0 bridgehead atoms. The van der Waals surface area contributed by atoms with Gasteiger partial charge in [-0.3, -0.25) is 9.59 Å². The van der Waals surface area contributed by atoms with Gasteiger partial charge in [0.2, 0.25) is 5.91 Å². The fourth-order valence-electron chi connectivity index (χ4n) is 3.12. The maximum atomic E-state index is 13.0. The van der Waals surface area contributed by atoms with Crippen molar-refractivity contribution in [2.75, 3.05) is 19.0 Å². The number of benzene rings is 2. The predicted molar refractivity (Wildman–Crippen MR) is 107 cm³/mol. The smallest absolute Gasteiger partial charge is 0.264 e. The van der Waals surface area contributed by atoms with Crippen LogP contribution in [0.25, 0.3) is 0 Å². The number of hydrogen-bond acceptors (Lipinski definition) is 4. The van der Waals surface area contributed by atoms with Crippen LogP contribution < -0.4 is 10.1 Å². The van der Waals surface area contributed by atoms with Gasteiger partial charge in [0.1, 0.15) is 12.4 Å². The van der Waals surface area contributed by atoms with E-state index in [4.69, 9.17) is 21.1 Å². The third kappa shape index (κ3) is 4.82. The largest absolute Gasteiger partial charge is 0.480 e. The van der Waals surface area contributed by atoms with E-state index in [2.05, 4.69) is 5.32 Å². The molecule has 0 aromatic heterocycles. The Morgan fingerprint density at radius 2 is 2.04 bits per heavy atom. The van der Waals surface area contributed by atoms with Gasteiger partial charge in [0.05, 0.1) is 0 Å². The predicted octanol–water partition coefficient (Wildman–Crippen LogP) is 3.62. The van der Waals surface area contributed by atoms with Crippen molar-refractivity contribution in [2.24, 2.45) is 0 Å². The summed E-state index contributed by atoms with van der Waals surface area (Å²) in [6.07, 6.45) is 0.0318. The molecule has 0 saturated heterocycles. The zero-order chi connectivity index (χ0) is 20.1. The molecule has 1 N–H and O–H groups in total. The summed E-state index contributed by atoms with van der Waals surface area (Å²) in [4.78, 5) is 26.5. The van der Waals surface area contributed by atoms with Crippen molar-refractivity contribution in [3.05, 3.63) is 58.6 Å². The highest BCUT2D eigenvalue weighted by Crippen LogP contribution is 2.30. The lowest BCUT2D eigenvalue weighted by atomic mass is 10.1. The summed E-state index contributed by atoms with van der Waals surface area (Å²) >= 11 is 5.96. The van der Waals surface area contributed by atoms with E-state index in [1.54, 1.807) is 17.0 Å². The molecule has 1 aliphatic rings. The Morgan fingerprint density at radius 1 is 1.29 bits per heavy atom. The second-order valence-electron chi connectivity index (χ2n) is 6.64. The van der Waals surface area contributed by atoms with Crippen molar-refractivity contribution >= 4 is 29.1 Å². The Morgan fingerprint density at radius 3 is 2.71 bits per heavy atom. The summed E-state index contributed by atoms with van der Waals surface area (Å²) in [7, 11) is 1.47. The number of carbonyl (C=O) groups is 2. The fraction of sp³-hybridized carbons (Fsp3) is 0.333. The van der Waals surface area contributed by atoms with E-state index in [1.165, 1.54) is 7.11 Å². The van der Waals surface area contributed by atoms with E-state index < -0.39 is 6.10 Å². The Bertz CT molecular complexity index is 854. The molecular weight excluding hydrogens is 380 g/mol. The number of anilines is 1. The van der Waals surface area contributed by atoms with E-state index >= 15 is 0 Å². The van der Waals surface area contributed by atoms with Gasteiger partial charge in [0, 0.05) is 36.5 Å². The Labute approximate surface area is 169 Å². The Balaban J connectivity index is 1.86. The second-order valence-corrected chi connectivity index (χ2v) is 7.08. The van der Waals surface area contributed by atoms with Gasteiger partial charge in [-0.15, -0.1) is 0 Å². The van der Waals surface area contributed by atoms with Crippen molar-refractivity contribution in [3.63, 3.8) is 0 Å². The molecule has 3 rings (SSSR count). The molecule has 1 heterocycles. The average Bonchev–Trinajstić information content (AvgIpc) is 2.80. The maximum Gasteiger partial charge on any atom is 0.264 e. The molecule has 1 aliphatic heterocycles. The molecule has 0 aliphatic carbocycles. The fourth-order valence-corrected chi connectivity index (χ4v) is 3.24. The van der Waals surface area contributed by atoms with Crippen molar-refractivity contribution in [2.45, 2.75) is 32.5 Å². The molecule has 28 heavy (non-hydrogen) atoms. The summed E-state index contributed by atoms with van der Waals surface area (Å²) in [6, 6.07) is 12.8. The minimum absolute atomic E-state index is 0.0212. The first-order chi connectivity index (χ1) is 13.5. The first-order valence-corrected chi connectivity index (χ1v) is 9.49. The third-order valence-electron chi connectivity index (χ3n) is 4.49. The van der Waals surface area contributed by atoms with Gasteiger partial charge in [0.15, 0.2) is 6.10 Å². The van der Waals surface area contributed by atoms with Crippen LogP contribution in [0.5, 0.6) is 5.75 Å². The van der Waals surface area contributed by atoms with Gasteiger partial charge in [0.25, 0.3) is 5.91 Å². The summed E-state index contributed by atoms with van der Waals surface area (Å²) < 4.78 is 10.8. The topological polar surface area (TPSA) is 67.9 Å². The number of nitrogens with one attached hydrogen (secondary N) is 1. The summed E-state index contributed by atoms with van der Waals surface area (Å²) in [5.74, 6) is 0.361. The van der Waals surface area contributed by atoms with Crippen LogP contribution in [-0.2, 0) is 27.4 Å². The first kappa shape index (κ1) is 20.2. The van der Waals surface area contributed by atoms with Gasteiger partial charge in [-0.2, -0.15) is 0 Å². The van der Waals surface area contributed by atoms with Crippen LogP contribution >= 0.6 is 11.6 Å². The number of ether oxygens (including phenoxy) is 2. The monoisotopic (exact) mass is 402 g/mol. The van der Waals surface area contributed by atoms with E-state index in [9.17, 15) is 9.59 Å². The first-order valence-electron chi connectivity index (χ1n) is 9.11. The molecule has 0 spiro atoms. The zero-order valence-electron chi connectivity index (χ0n) is 15.9. The number of fused-ring (bicyclic) bond motifs is 1. The summed E-state index contributed by atoms with van der Waals surface area (Å²) in [6.45, 7) is 2.75. The van der Waals surface area contributed by atoms with Crippen LogP contribution in [0, 0.1) is 0 Å². The van der Waals surface area contributed by atoms with Gasteiger partial charge >= 0.3 is 0 Å². The molecule has 0 fully saturated rings. The molecule has 0 saturated carbocycles. The number of methoxy groups -OCH3 is 1. The second kappa shape index (κ2) is 9.08. The van der Waals surface area contributed by atoms with E-state index in [0.29, 0.717) is 36.0 Å². The van der Waals surface area contributed by atoms with Crippen LogP contribution in [0.4, 0.5) is 5.69 Å². The number of rotatable bonds is 6. The van der Waals surface area contributed by atoms with Crippen LogP contribution in [0.15, 0.2) is 42.5 Å². The Kier molecular flexibility index (Phi) is 6.54. The van der Waals surface area contributed by atoms with Crippen molar-refractivity contribution in [3.8, 4) is 5.75 Å². The van der Waals surface area contributed by atoms with Crippen LogP contribution in [0.2, 0.25) is 5.02 Å². The lowest BCUT2D eigenvalue weighted by Crippen LogP contribution is -2.38. The highest BCUT2D eigenvalue weighted by atomic mass is 35.5. The van der Waals surface area contributed by atoms with Crippen LogP contribution in [0.1, 0.15) is 24.5 Å². The highest BCUT2D eigenvalue weighted by Gasteiger charge is 2.30. The van der Waals surface area contributed by atoms with E-state index in [-0.39, 0.29) is 18.4 Å². The molecule has 6 nitrogen and oxygen atoms in total. The average molecular weight is 403 g/mol. The molecule has 148 valence electrons. The Hall–Kier alpha value is -2.57. The lowest BCUT2D eigenvalue weighted by molar-refractivity contribution is -0.139. The molecule has 2 aromatic carbocycles. The van der Waals surface area contributed by atoms with Crippen molar-refractivity contribution in [1.29, 1.82) is 0 Å². The summed E-state index contributed by atoms with van der Waals surface area (Å²) in [5.41, 5.74) is 2.47. The quantitative estimate of drug-likeness (QED) is 0.801. The molecule has 7 heteroatoms. The molecule has 2 aromatic rings. The van der Waals surface area contributed by atoms with Crippen LogP contribution in [0.3, 0.4) is 0 Å². The van der Waals surface area contributed by atoms with Gasteiger partial charge in [-0.05, 0) is 42.3 Å². The van der Waals surface area contributed by atoms with Gasteiger partial charge < -0.3 is 19.7 Å². The van der Waals surface area contributed by atoms with E-state index in [1.807, 2.05) is 37.3 Å². The van der Waals surface area contributed by atoms with Gasteiger partial charge in [-0.25, -0.2) is 0 Å². The highest BCUT2D eigenvalue weighted by molar-refractivity contribution is 6.30. The SMILES string of the molecule is CC[C@H]1Oc2ccc(NC(=O)COC)cc2CN(Cc2ccc(Cl)cc2)C1=O. The molecular formula is C21H23ClN2O4. The minimum atomic E-state index is -0.539. The molecule has 0 unspecified atom stereocenters. The number of amides is 2. The van der Waals surface area contributed by atoms with Crippen molar-refractivity contribution < 1.29 is 19.1 Å².